The Morgan fingerprint density at radius 1 is 0.889 bits per heavy atom. The lowest BCUT2D eigenvalue weighted by molar-refractivity contribution is -0.142. The molecule has 3 aromatic heterocycles. The molecular formula is C22H24F6N8. The summed E-state index contributed by atoms with van der Waals surface area (Å²) in [5, 5.41) is 3.95. The molecule has 2 aliphatic rings. The second-order valence-corrected chi connectivity index (χ2v) is 9.57. The molecule has 0 unspecified atom stereocenters. The van der Waals surface area contributed by atoms with Crippen molar-refractivity contribution in [2.75, 3.05) is 36.0 Å². The third kappa shape index (κ3) is 4.76. The van der Waals surface area contributed by atoms with E-state index in [9.17, 15) is 26.3 Å². The first-order valence-corrected chi connectivity index (χ1v) is 11.5. The largest absolute Gasteiger partial charge is 0.433 e. The zero-order chi connectivity index (χ0) is 25.9. The first-order chi connectivity index (χ1) is 16.8. The summed E-state index contributed by atoms with van der Waals surface area (Å²) < 4.78 is 79.4. The van der Waals surface area contributed by atoms with Crippen LogP contribution in [0.1, 0.15) is 36.5 Å². The Bertz CT molecular complexity index is 1280. The van der Waals surface area contributed by atoms with Crippen molar-refractivity contribution in [2.45, 2.75) is 52.0 Å². The minimum Gasteiger partial charge on any atom is -0.356 e. The molecule has 8 nitrogen and oxygen atoms in total. The average molecular weight is 514 g/mol. The lowest BCUT2D eigenvalue weighted by Crippen LogP contribution is -2.42. The molecule has 0 aliphatic carbocycles. The fraction of sp³-hybridized carbons (Fsp3) is 0.591. The van der Waals surface area contributed by atoms with Gasteiger partial charge in [-0.05, 0) is 38.5 Å². The highest BCUT2D eigenvalue weighted by Crippen LogP contribution is 2.43. The van der Waals surface area contributed by atoms with Crippen LogP contribution in [-0.4, -0.2) is 62.1 Å². The maximum absolute atomic E-state index is 13.2. The summed E-state index contributed by atoms with van der Waals surface area (Å²) in [6, 6.07) is 0.998. The van der Waals surface area contributed by atoms with Crippen LogP contribution in [0.5, 0.6) is 0 Å². The van der Waals surface area contributed by atoms with E-state index in [2.05, 4.69) is 25.0 Å². The zero-order valence-electron chi connectivity index (χ0n) is 19.7. The SMILES string of the molecule is Cc1nc(N2CCC3(CCN(c4cnc5c(C)nn(CC(F)(F)F)c5n4)CC3)C2)cc(C(F)(F)F)n1. The molecule has 0 saturated carbocycles. The minimum atomic E-state index is -4.54. The summed E-state index contributed by atoms with van der Waals surface area (Å²) >= 11 is 0. The maximum Gasteiger partial charge on any atom is 0.433 e. The van der Waals surface area contributed by atoms with Gasteiger partial charge in [-0.3, -0.25) is 0 Å². The van der Waals surface area contributed by atoms with Gasteiger partial charge in [-0.15, -0.1) is 0 Å². The first-order valence-electron chi connectivity index (χ1n) is 11.5. The molecule has 0 amide bonds. The van der Waals surface area contributed by atoms with Crippen molar-refractivity contribution >= 4 is 22.8 Å². The molecule has 0 aromatic carbocycles. The molecule has 14 heteroatoms. The van der Waals surface area contributed by atoms with Crippen molar-refractivity contribution in [1.82, 2.24) is 29.7 Å². The van der Waals surface area contributed by atoms with Crippen molar-refractivity contribution in [3.05, 3.63) is 29.5 Å². The van der Waals surface area contributed by atoms with Gasteiger partial charge in [-0.1, -0.05) is 0 Å². The molecule has 36 heavy (non-hydrogen) atoms. The van der Waals surface area contributed by atoms with Gasteiger partial charge in [0.15, 0.2) is 5.65 Å². The highest BCUT2D eigenvalue weighted by atomic mass is 19.4. The Morgan fingerprint density at radius 2 is 1.56 bits per heavy atom. The quantitative estimate of drug-likeness (QED) is 0.482. The molecule has 1 spiro atoms. The fourth-order valence-corrected chi connectivity index (χ4v) is 5.12. The molecule has 0 bridgehead atoms. The standard InChI is InChI=1S/C22H24F6N8/c1-13-18-19(36(33-13)12-21(23,24)25)32-17(10-29-18)34-6-3-20(4-7-34)5-8-35(11-20)16-9-15(22(26,27)28)30-14(2)31-16/h9-10H,3-8,11-12H2,1-2H3. The van der Waals surface area contributed by atoms with Crippen LogP contribution in [0.3, 0.4) is 0 Å². The van der Waals surface area contributed by atoms with E-state index in [0.29, 0.717) is 43.2 Å². The lowest BCUT2D eigenvalue weighted by Gasteiger charge is -2.39. The van der Waals surface area contributed by atoms with Gasteiger partial charge < -0.3 is 9.80 Å². The van der Waals surface area contributed by atoms with E-state index in [1.165, 1.54) is 6.92 Å². The molecule has 5 heterocycles. The van der Waals surface area contributed by atoms with Crippen molar-refractivity contribution < 1.29 is 26.3 Å². The van der Waals surface area contributed by atoms with Crippen LogP contribution in [0.15, 0.2) is 12.3 Å². The number of anilines is 2. The normalized spacial score (nSPS) is 18.6. The number of halogens is 6. The summed E-state index contributed by atoms with van der Waals surface area (Å²) in [7, 11) is 0. The Balaban J connectivity index is 1.30. The number of alkyl halides is 6. The topological polar surface area (TPSA) is 75.9 Å². The number of aromatic nitrogens is 6. The number of piperidine rings is 1. The third-order valence-electron chi connectivity index (χ3n) is 6.95. The second-order valence-electron chi connectivity index (χ2n) is 9.57. The number of hydrogen-bond donors (Lipinski definition) is 0. The highest BCUT2D eigenvalue weighted by molar-refractivity contribution is 5.74. The monoisotopic (exact) mass is 514 g/mol. The van der Waals surface area contributed by atoms with Gasteiger partial charge in [-0.2, -0.15) is 31.4 Å². The maximum atomic E-state index is 13.2. The molecule has 0 atom stereocenters. The van der Waals surface area contributed by atoms with Gasteiger partial charge in [0.2, 0.25) is 0 Å². The van der Waals surface area contributed by atoms with Crippen LogP contribution in [-0.2, 0) is 12.7 Å². The van der Waals surface area contributed by atoms with Crippen LogP contribution >= 0.6 is 0 Å². The number of rotatable bonds is 3. The Morgan fingerprint density at radius 3 is 2.19 bits per heavy atom. The van der Waals surface area contributed by atoms with E-state index in [4.69, 9.17) is 0 Å². The molecule has 3 aromatic rings. The Labute approximate surface area is 202 Å². The molecule has 2 fully saturated rings. The van der Waals surface area contributed by atoms with Crippen LogP contribution in [0.2, 0.25) is 0 Å². The van der Waals surface area contributed by atoms with E-state index in [0.717, 1.165) is 30.0 Å². The van der Waals surface area contributed by atoms with Crippen LogP contribution in [0.25, 0.3) is 11.2 Å². The summed E-state index contributed by atoms with van der Waals surface area (Å²) in [5.41, 5.74) is -0.226. The molecular weight excluding hydrogens is 490 g/mol. The molecule has 2 saturated heterocycles. The fourth-order valence-electron chi connectivity index (χ4n) is 5.12. The van der Waals surface area contributed by atoms with Crippen LogP contribution in [0, 0.1) is 19.3 Å². The van der Waals surface area contributed by atoms with Gasteiger partial charge in [0.05, 0.1) is 11.9 Å². The Hall–Kier alpha value is -3.19. The summed E-state index contributed by atoms with van der Waals surface area (Å²) in [6.07, 6.45) is -5.08. The summed E-state index contributed by atoms with van der Waals surface area (Å²) in [5.74, 6) is 0.833. The average Bonchev–Trinajstić information content (AvgIpc) is 3.33. The van der Waals surface area contributed by atoms with Crippen LogP contribution < -0.4 is 9.80 Å². The van der Waals surface area contributed by atoms with Crippen molar-refractivity contribution in [2.24, 2.45) is 5.41 Å². The third-order valence-corrected chi connectivity index (χ3v) is 6.95. The molecule has 2 aliphatic heterocycles. The predicted octanol–water partition coefficient (Wildman–Crippen LogP) is 4.31. The molecule has 0 N–H and O–H groups in total. The van der Waals surface area contributed by atoms with Gasteiger partial charge >= 0.3 is 12.4 Å². The zero-order valence-corrected chi connectivity index (χ0v) is 19.7. The summed E-state index contributed by atoms with van der Waals surface area (Å²) in [4.78, 5) is 20.4. The number of fused-ring (bicyclic) bond motifs is 1. The second kappa shape index (κ2) is 8.44. The van der Waals surface area contributed by atoms with E-state index >= 15 is 0 Å². The van der Waals surface area contributed by atoms with E-state index in [1.807, 2.05) is 9.80 Å². The number of nitrogens with zero attached hydrogens (tertiary/aromatic N) is 8. The molecule has 194 valence electrons. The highest BCUT2D eigenvalue weighted by Gasteiger charge is 2.42. The smallest absolute Gasteiger partial charge is 0.356 e. The van der Waals surface area contributed by atoms with Crippen LogP contribution in [0.4, 0.5) is 38.0 Å². The van der Waals surface area contributed by atoms with Gasteiger partial charge in [0.1, 0.15) is 35.2 Å². The Kier molecular flexibility index (Phi) is 5.75. The van der Waals surface area contributed by atoms with E-state index in [-0.39, 0.29) is 22.7 Å². The predicted molar refractivity (Wildman–Crippen MR) is 119 cm³/mol. The number of hydrogen-bond acceptors (Lipinski definition) is 7. The van der Waals surface area contributed by atoms with E-state index in [1.54, 1.807) is 13.1 Å². The molecule has 0 radical (unpaired) electrons. The number of aryl methyl sites for hydroxylation is 2. The van der Waals surface area contributed by atoms with Crippen molar-refractivity contribution in [3.8, 4) is 0 Å². The van der Waals surface area contributed by atoms with Gasteiger partial charge in [0, 0.05) is 32.2 Å². The van der Waals surface area contributed by atoms with Crippen molar-refractivity contribution in [3.63, 3.8) is 0 Å². The molecule has 5 rings (SSSR count). The van der Waals surface area contributed by atoms with Gasteiger partial charge in [-0.25, -0.2) is 24.6 Å². The van der Waals surface area contributed by atoms with E-state index < -0.39 is 24.6 Å². The van der Waals surface area contributed by atoms with Crippen molar-refractivity contribution in [1.29, 1.82) is 0 Å². The lowest BCUT2D eigenvalue weighted by atomic mass is 9.78. The minimum absolute atomic E-state index is 0.0737. The van der Waals surface area contributed by atoms with Gasteiger partial charge in [0.25, 0.3) is 0 Å². The first kappa shape index (κ1) is 24.5. The summed E-state index contributed by atoms with van der Waals surface area (Å²) in [6.45, 7) is 4.19.